The molecule has 0 bridgehead atoms. The maximum Gasteiger partial charge on any atom is 0.0855 e. The first kappa shape index (κ1) is 11.2. The van der Waals surface area contributed by atoms with E-state index in [0.717, 1.165) is 21.2 Å². The molecule has 18 heavy (non-hydrogen) atoms. The lowest BCUT2D eigenvalue weighted by Crippen LogP contribution is -2.28. The zero-order valence-electron chi connectivity index (χ0n) is 9.45. The molecule has 5 nitrogen and oxygen atoms in total. The first-order valence-electron chi connectivity index (χ1n) is 5.46. The van der Waals surface area contributed by atoms with E-state index in [1.807, 2.05) is 30.6 Å². The fourth-order valence-corrected chi connectivity index (χ4v) is 2.58. The molecule has 1 unspecified atom stereocenters. The lowest BCUT2D eigenvalue weighted by atomic mass is 10.0. The number of fused-ring (bicyclic) bond motifs is 1. The van der Waals surface area contributed by atoms with E-state index in [2.05, 4.69) is 26.1 Å². The first-order valence-corrected chi connectivity index (χ1v) is 6.23. The van der Waals surface area contributed by atoms with E-state index in [1.165, 1.54) is 11.5 Å². The van der Waals surface area contributed by atoms with Gasteiger partial charge in [-0.15, -0.1) is 5.10 Å². The summed E-state index contributed by atoms with van der Waals surface area (Å²) in [6.45, 7) is 0. The van der Waals surface area contributed by atoms with Gasteiger partial charge in [-0.1, -0.05) is 28.8 Å². The van der Waals surface area contributed by atoms with Crippen molar-refractivity contribution < 1.29 is 0 Å². The molecular weight excluding hydrogens is 246 g/mol. The number of nitrogens with zero attached hydrogens (tertiary/aromatic N) is 3. The van der Waals surface area contributed by atoms with Crippen LogP contribution in [0.25, 0.3) is 10.8 Å². The lowest BCUT2D eigenvalue weighted by Gasteiger charge is -2.15. The molecule has 0 saturated carbocycles. The summed E-state index contributed by atoms with van der Waals surface area (Å²) in [6, 6.07) is 7.95. The Hall–Kier alpha value is -1.89. The molecule has 3 rings (SSSR count). The average Bonchev–Trinajstić information content (AvgIpc) is 2.94. The van der Waals surface area contributed by atoms with E-state index in [9.17, 15) is 0 Å². The van der Waals surface area contributed by atoms with Gasteiger partial charge in [0.25, 0.3) is 0 Å². The first-order chi connectivity index (χ1) is 8.90. The molecule has 0 saturated heterocycles. The SMILES string of the molecule is NNC(c1cnns1)c1cncc2ccccc12. The Morgan fingerprint density at radius 3 is 2.83 bits per heavy atom. The number of hydrogen-bond acceptors (Lipinski definition) is 6. The molecule has 1 aromatic carbocycles. The summed E-state index contributed by atoms with van der Waals surface area (Å²) < 4.78 is 3.87. The van der Waals surface area contributed by atoms with Gasteiger partial charge < -0.3 is 0 Å². The molecule has 0 radical (unpaired) electrons. The zero-order chi connectivity index (χ0) is 12.4. The van der Waals surface area contributed by atoms with Crippen molar-refractivity contribution in [2.45, 2.75) is 6.04 Å². The van der Waals surface area contributed by atoms with Crippen molar-refractivity contribution in [2.24, 2.45) is 5.84 Å². The molecule has 0 aliphatic carbocycles. The largest absolute Gasteiger partial charge is 0.271 e. The van der Waals surface area contributed by atoms with Crippen LogP contribution in [0.2, 0.25) is 0 Å². The van der Waals surface area contributed by atoms with E-state index in [4.69, 9.17) is 5.84 Å². The van der Waals surface area contributed by atoms with Crippen LogP contribution in [0, 0.1) is 0 Å². The van der Waals surface area contributed by atoms with Gasteiger partial charge in [-0.05, 0) is 16.9 Å². The third-order valence-electron chi connectivity index (χ3n) is 2.84. The van der Waals surface area contributed by atoms with Crippen molar-refractivity contribution in [3.05, 3.63) is 53.3 Å². The molecule has 3 N–H and O–H groups in total. The number of pyridine rings is 1. The Kier molecular flexibility index (Phi) is 2.97. The summed E-state index contributed by atoms with van der Waals surface area (Å²) >= 11 is 1.33. The predicted molar refractivity (Wildman–Crippen MR) is 70.8 cm³/mol. The van der Waals surface area contributed by atoms with Crippen LogP contribution in [0.5, 0.6) is 0 Å². The Morgan fingerprint density at radius 2 is 2.06 bits per heavy atom. The highest BCUT2D eigenvalue weighted by Gasteiger charge is 2.17. The van der Waals surface area contributed by atoms with E-state index in [0.29, 0.717) is 0 Å². The summed E-state index contributed by atoms with van der Waals surface area (Å²) in [6.07, 6.45) is 5.39. The molecule has 90 valence electrons. The zero-order valence-corrected chi connectivity index (χ0v) is 10.3. The molecule has 6 heteroatoms. The van der Waals surface area contributed by atoms with Crippen molar-refractivity contribution in [1.82, 2.24) is 20.0 Å². The molecule has 0 amide bonds. The number of nitrogens with one attached hydrogen (secondary N) is 1. The van der Waals surface area contributed by atoms with Gasteiger partial charge in [-0.2, -0.15) is 0 Å². The van der Waals surface area contributed by atoms with Crippen molar-refractivity contribution in [2.75, 3.05) is 0 Å². The number of hydrogen-bond donors (Lipinski definition) is 2. The molecule has 0 spiro atoms. The summed E-state index contributed by atoms with van der Waals surface area (Å²) in [5.74, 6) is 5.66. The van der Waals surface area contributed by atoms with Gasteiger partial charge in [0.1, 0.15) is 0 Å². The molecule has 0 fully saturated rings. The summed E-state index contributed by atoms with van der Waals surface area (Å²) in [5, 5.41) is 6.07. The van der Waals surface area contributed by atoms with Gasteiger partial charge in [0, 0.05) is 23.3 Å². The van der Waals surface area contributed by atoms with Gasteiger partial charge in [-0.25, -0.2) is 5.43 Å². The highest BCUT2D eigenvalue weighted by Crippen LogP contribution is 2.28. The summed E-state index contributed by atoms with van der Waals surface area (Å²) in [4.78, 5) is 5.23. The maximum atomic E-state index is 5.66. The molecular formula is C12H11N5S. The summed E-state index contributed by atoms with van der Waals surface area (Å²) in [7, 11) is 0. The fraction of sp³-hybridized carbons (Fsp3) is 0.0833. The fourth-order valence-electron chi connectivity index (χ4n) is 2.00. The number of nitrogens with two attached hydrogens (primary N) is 1. The lowest BCUT2D eigenvalue weighted by molar-refractivity contribution is 0.647. The standard InChI is InChI=1S/C12H11N5S/c13-16-12(11-7-15-17-18-11)10-6-14-5-8-3-1-2-4-9(8)10/h1-7,12,16H,13H2. The number of aromatic nitrogens is 3. The van der Waals surface area contributed by atoms with Crippen molar-refractivity contribution in [3.8, 4) is 0 Å². The van der Waals surface area contributed by atoms with E-state index < -0.39 is 0 Å². The average molecular weight is 257 g/mol. The number of hydrazine groups is 1. The minimum absolute atomic E-state index is 0.136. The van der Waals surface area contributed by atoms with Crippen LogP contribution in [-0.4, -0.2) is 14.6 Å². The topological polar surface area (TPSA) is 76.7 Å². The molecule has 3 aromatic rings. The van der Waals surface area contributed by atoms with Crippen LogP contribution < -0.4 is 11.3 Å². The van der Waals surface area contributed by atoms with Crippen LogP contribution >= 0.6 is 11.5 Å². The molecule has 2 heterocycles. The van der Waals surface area contributed by atoms with Crippen molar-refractivity contribution in [3.63, 3.8) is 0 Å². The minimum Gasteiger partial charge on any atom is -0.271 e. The van der Waals surface area contributed by atoms with Gasteiger partial charge >= 0.3 is 0 Å². The van der Waals surface area contributed by atoms with Crippen LogP contribution in [0.1, 0.15) is 16.5 Å². The maximum absolute atomic E-state index is 5.66. The molecule has 2 aromatic heterocycles. The normalized spacial score (nSPS) is 12.7. The van der Waals surface area contributed by atoms with Crippen LogP contribution in [-0.2, 0) is 0 Å². The van der Waals surface area contributed by atoms with Crippen LogP contribution in [0.4, 0.5) is 0 Å². The second kappa shape index (κ2) is 4.77. The smallest absolute Gasteiger partial charge is 0.0855 e. The highest BCUT2D eigenvalue weighted by atomic mass is 32.1. The van der Waals surface area contributed by atoms with E-state index in [1.54, 1.807) is 6.20 Å². The predicted octanol–water partition coefficient (Wildman–Crippen LogP) is 1.64. The molecule has 0 aliphatic heterocycles. The van der Waals surface area contributed by atoms with Gasteiger partial charge in [0.05, 0.1) is 17.1 Å². The quantitative estimate of drug-likeness (QED) is 0.551. The highest BCUT2D eigenvalue weighted by molar-refractivity contribution is 7.05. The Morgan fingerprint density at radius 1 is 1.17 bits per heavy atom. The van der Waals surface area contributed by atoms with Crippen molar-refractivity contribution in [1.29, 1.82) is 0 Å². The molecule has 1 atom stereocenters. The third-order valence-corrected chi connectivity index (χ3v) is 3.57. The Balaban J connectivity index is 2.18. The molecule has 0 aliphatic rings. The van der Waals surface area contributed by atoms with E-state index >= 15 is 0 Å². The van der Waals surface area contributed by atoms with Gasteiger partial charge in [0.2, 0.25) is 0 Å². The van der Waals surface area contributed by atoms with E-state index in [-0.39, 0.29) is 6.04 Å². The number of rotatable bonds is 3. The summed E-state index contributed by atoms with van der Waals surface area (Å²) in [5.41, 5.74) is 3.83. The van der Waals surface area contributed by atoms with Gasteiger partial charge in [-0.3, -0.25) is 10.8 Å². The minimum atomic E-state index is -0.136. The van der Waals surface area contributed by atoms with Gasteiger partial charge in [0.15, 0.2) is 0 Å². The third kappa shape index (κ3) is 1.86. The second-order valence-corrected chi connectivity index (χ2v) is 4.69. The second-order valence-electron chi connectivity index (χ2n) is 3.87. The monoisotopic (exact) mass is 257 g/mol. The van der Waals surface area contributed by atoms with Crippen molar-refractivity contribution >= 4 is 22.3 Å². The van der Waals surface area contributed by atoms with Crippen LogP contribution in [0.15, 0.2) is 42.9 Å². The number of benzene rings is 1. The Bertz CT molecular complexity index is 647. The van der Waals surface area contributed by atoms with Crippen LogP contribution in [0.3, 0.4) is 0 Å². The Labute approximate surface area is 108 Å².